The van der Waals surface area contributed by atoms with E-state index in [9.17, 15) is 9.59 Å². The summed E-state index contributed by atoms with van der Waals surface area (Å²) in [6, 6.07) is 0. The second-order valence-corrected chi connectivity index (χ2v) is 5.46. The van der Waals surface area contributed by atoms with Crippen LogP contribution in [-0.4, -0.2) is 41.8 Å². The van der Waals surface area contributed by atoms with Crippen molar-refractivity contribution in [1.82, 2.24) is 4.90 Å². The van der Waals surface area contributed by atoms with E-state index in [2.05, 4.69) is 6.58 Å². The Morgan fingerprint density at radius 2 is 1.89 bits per heavy atom. The number of likely N-dealkylation sites (tertiary alicyclic amines) is 1. The van der Waals surface area contributed by atoms with Gasteiger partial charge in [0.25, 0.3) is 0 Å². The van der Waals surface area contributed by atoms with Gasteiger partial charge < -0.3 is 14.7 Å². The number of rotatable bonds is 4. The fourth-order valence-corrected chi connectivity index (χ4v) is 3.02. The molecule has 0 atom stereocenters. The molecule has 0 aromatic carbocycles. The number of nitrogens with zero attached hydrogens (tertiary/aromatic N) is 1. The highest BCUT2D eigenvalue weighted by Crippen LogP contribution is 2.42. The number of ether oxygens (including phenoxy) is 1. The molecule has 0 unspecified atom stereocenters. The number of carboxylic acid groups (broad SMARTS) is 1. The zero-order chi connectivity index (χ0) is 13.8. The standard InChI is InChI=1S/C14H21NO4/c1-2-7-19-14(18)15-5-3-10(4-6-15)11-8-12(9-11)13(16)17/h2,10-12H,1,3-9H2,(H,16,17). The van der Waals surface area contributed by atoms with Crippen molar-refractivity contribution in [3.63, 3.8) is 0 Å². The van der Waals surface area contributed by atoms with E-state index < -0.39 is 5.97 Å². The van der Waals surface area contributed by atoms with Crippen LogP contribution in [0.25, 0.3) is 0 Å². The van der Waals surface area contributed by atoms with Crippen LogP contribution in [0.4, 0.5) is 4.79 Å². The number of carboxylic acids is 1. The number of aliphatic carboxylic acids is 1. The largest absolute Gasteiger partial charge is 0.481 e. The van der Waals surface area contributed by atoms with Gasteiger partial charge in [-0.1, -0.05) is 12.7 Å². The minimum Gasteiger partial charge on any atom is -0.481 e. The normalized spacial score (nSPS) is 27.5. The van der Waals surface area contributed by atoms with Crippen LogP contribution < -0.4 is 0 Å². The van der Waals surface area contributed by atoms with E-state index >= 15 is 0 Å². The van der Waals surface area contributed by atoms with Crippen LogP contribution >= 0.6 is 0 Å². The van der Waals surface area contributed by atoms with Crippen LogP contribution in [0, 0.1) is 17.8 Å². The molecule has 2 fully saturated rings. The first kappa shape index (κ1) is 13.9. The lowest BCUT2D eigenvalue weighted by Gasteiger charge is -2.42. The number of carbonyl (C=O) groups excluding carboxylic acids is 1. The number of piperidine rings is 1. The molecule has 2 rings (SSSR count). The van der Waals surface area contributed by atoms with Gasteiger partial charge >= 0.3 is 12.1 Å². The van der Waals surface area contributed by atoms with Gasteiger partial charge in [-0.2, -0.15) is 0 Å². The van der Waals surface area contributed by atoms with Crippen LogP contribution in [0.2, 0.25) is 0 Å². The number of hydrogen-bond donors (Lipinski definition) is 1. The third kappa shape index (κ3) is 3.28. The van der Waals surface area contributed by atoms with E-state index in [0.717, 1.165) is 38.8 Å². The molecule has 0 spiro atoms. The molecule has 1 heterocycles. The molecule has 1 saturated heterocycles. The van der Waals surface area contributed by atoms with Crippen molar-refractivity contribution >= 4 is 12.1 Å². The number of carbonyl (C=O) groups is 2. The molecule has 1 saturated carbocycles. The summed E-state index contributed by atoms with van der Waals surface area (Å²) < 4.78 is 5.01. The summed E-state index contributed by atoms with van der Waals surface area (Å²) in [4.78, 5) is 24.1. The first-order valence-corrected chi connectivity index (χ1v) is 6.87. The zero-order valence-electron chi connectivity index (χ0n) is 11.1. The fraction of sp³-hybridized carbons (Fsp3) is 0.714. The van der Waals surface area contributed by atoms with Crippen LogP contribution in [-0.2, 0) is 9.53 Å². The molecule has 0 bridgehead atoms. The molecule has 5 heteroatoms. The van der Waals surface area contributed by atoms with Crippen molar-refractivity contribution in [3.8, 4) is 0 Å². The predicted octanol–water partition coefficient (Wildman–Crippen LogP) is 2.13. The Bertz CT molecular complexity index is 354. The van der Waals surface area contributed by atoms with Crippen molar-refractivity contribution in [1.29, 1.82) is 0 Å². The molecule has 0 aromatic rings. The smallest absolute Gasteiger partial charge is 0.410 e. The van der Waals surface area contributed by atoms with Gasteiger partial charge in [-0.15, -0.1) is 0 Å². The Balaban J connectivity index is 1.70. The topological polar surface area (TPSA) is 66.8 Å². The van der Waals surface area contributed by atoms with Crippen molar-refractivity contribution in [2.75, 3.05) is 19.7 Å². The third-order valence-electron chi connectivity index (χ3n) is 4.31. The van der Waals surface area contributed by atoms with Crippen molar-refractivity contribution in [3.05, 3.63) is 12.7 Å². The second kappa shape index (κ2) is 6.08. The summed E-state index contributed by atoms with van der Waals surface area (Å²) >= 11 is 0. The first-order chi connectivity index (χ1) is 9.11. The fourth-order valence-electron chi connectivity index (χ4n) is 3.02. The Morgan fingerprint density at radius 3 is 2.42 bits per heavy atom. The molecule has 2 aliphatic rings. The Morgan fingerprint density at radius 1 is 1.26 bits per heavy atom. The summed E-state index contributed by atoms with van der Waals surface area (Å²) in [6.07, 6.45) is 4.82. The van der Waals surface area contributed by atoms with E-state index in [-0.39, 0.29) is 18.6 Å². The van der Waals surface area contributed by atoms with Gasteiger partial charge in [0, 0.05) is 13.1 Å². The van der Waals surface area contributed by atoms with Crippen LogP contribution in [0.15, 0.2) is 12.7 Å². The number of amides is 1. The van der Waals surface area contributed by atoms with Crippen LogP contribution in [0.1, 0.15) is 25.7 Å². The quantitative estimate of drug-likeness (QED) is 0.792. The molecule has 0 radical (unpaired) electrons. The average Bonchev–Trinajstić information content (AvgIpc) is 2.34. The minimum absolute atomic E-state index is 0.138. The molecule has 1 amide bonds. The molecule has 1 N–H and O–H groups in total. The van der Waals surface area contributed by atoms with Crippen LogP contribution in [0.5, 0.6) is 0 Å². The molecule has 1 aliphatic carbocycles. The predicted molar refractivity (Wildman–Crippen MR) is 69.7 cm³/mol. The van der Waals surface area contributed by atoms with Crippen molar-refractivity contribution < 1.29 is 19.4 Å². The van der Waals surface area contributed by atoms with E-state index in [1.807, 2.05) is 0 Å². The summed E-state index contributed by atoms with van der Waals surface area (Å²) in [7, 11) is 0. The SMILES string of the molecule is C=CCOC(=O)N1CCC(C2CC(C(=O)O)C2)CC1. The summed E-state index contributed by atoms with van der Waals surface area (Å²) in [5.41, 5.74) is 0. The monoisotopic (exact) mass is 267 g/mol. The maximum absolute atomic E-state index is 11.6. The molecule has 106 valence electrons. The Labute approximate surface area is 113 Å². The van der Waals surface area contributed by atoms with E-state index in [1.54, 1.807) is 11.0 Å². The zero-order valence-corrected chi connectivity index (χ0v) is 11.1. The van der Waals surface area contributed by atoms with Gasteiger partial charge in [0.1, 0.15) is 6.61 Å². The lowest BCUT2D eigenvalue weighted by Crippen LogP contribution is -2.43. The van der Waals surface area contributed by atoms with Gasteiger partial charge in [-0.05, 0) is 37.5 Å². The second-order valence-electron chi connectivity index (χ2n) is 5.46. The highest BCUT2D eigenvalue weighted by atomic mass is 16.6. The van der Waals surface area contributed by atoms with Gasteiger partial charge in [-0.25, -0.2) is 4.79 Å². The molecule has 0 aromatic heterocycles. The van der Waals surface area contributed by atoms with Gasteiger partial charge in [0.05, 0.1) is 5.92 Å². The van der Waals surface area contributed by atoms with Gasteiger partial charge in [0.15, 0.2) is 0 Å². The van der Waals surface area contributed by atoms with Crippen molar-refractivity contribution in [2.24, 2.45) is 17.8 Å². The third-order valence-corrected chi connectivity index (χ3v) is 4.31. The van der Waals surface area contributed by atoms with Gasteiger partial charge in [0.2, 0.25) is 0 Å². The summed E-state index contributed by atoms with van der Waals surface area (Å²) in [6.45, 7) is 5.20. The first-order valence-electron chi connectivity index (χ1n) is 6.87. The van der Waals surface area contributed by atoms with E-state index in [4.69, 9.17) is 9.84 Å². The summed E-state index contributed by atoms with van der Waals surface area (Å²) in [5, 5.41) is 8.87. The van der Waals surface area contributed by atoms with E-state index in [1.165, 1.54) is 0 Å². The average molecular weight is 267 g/mol. The van der Waals surface area contributed by atoms with Crippen LogP contribution in [0.3, 0.4) is 0 Å². The molecule has 19 heavy (non-hydrogen) atoms. The van der Waals surface area contributed by atoms with E-state index in [0.29, 0.717) is 11.8 Å². The molecular formula is C14H21NO4. The highest BCUT2D eigenvalue weighted by Gasteiger charge is 2.40. The highest BCUT2D eigenvalue weighted by molar-refractivity contribution is 5.71. The molecule has 5 nitrogen and oxygen atoms in total. The lowest BCUT2D eigenvalue weighted by atomic mass is 9.66. The minimum atomic E-state index is -0.665. The number of hydrogen-bond acceptors (Lipinski definition) is 3. The Hall–Kier alpha value is -1.52. The summed E-state index contributed by atoms with van der Waals surface area (Å²) in [5.74, 6) is 0.300. The lowest BCUT2D eigenvalue weighted by molar-refractivity contribution is -0.147. The molecular weight excluding hydrogens is 246 g/mol. The maximum atomic E-state index is 11.6. The molecule has 1 aliphatic heterocycles. The Kier molecular flexibility index (Phi) is 4.45. The van der Waals surface area contributed by atoms with Crippen molar-refractivity contribution in [2.45, 2.75) is 25.7 Å². The maximum Gasteiger partial charge on any atom is 0.410 e. The van der Waals surface area contributed by atoms with Gasteiger partial charge in [-0.3, -0.25) is 4.79 Å².